The van der Waals surface area contributed by atoms with E-state index >= 15 is 0 Å². The zero-order valence-corrected chi connectivity index (χ0v) is 13.8. The molecule has 0 spiro atoms. The third-order valence-corrected chi connectivity index (χ3v) is 4.09. The van der Waals surface area contributed by atoms with Crippen LogP contribution in [0.15, 0.2) is 48.5 Å². The molecular weight excluding hydrogens is 322 g/mol. The van der Waals surface area contributed by atoms with E-state index in [2.05, 4.69) is 16.0 Å². The van der Waals surface area contributed by atoms with Crippen LogP contribution in [0.1, 0.15) is 22.8 Å². The number of carbonyl (C=O) groups is 3. The van der Waals surface area contributed by atoms with Gasteiger partial charge in [0.1, 0.15) is 11.3 Å². The minimum atomic E-state index is -1.18. The number of rotatable bonds is 4. The Morgan fingerprint density at radius 3 is 2.56 bits per heavy atom. The van der Waals surface area contributed by atoms with Gasteiger partial charge in [-0.2, -0.15) is 0 Å². The molecule has 0 aliphatic carbocycles. The fourth-order valence-corrected chi connectivity index (χ4v) is 2.69. The number of para-hydroxylation sites is 1. The summed E-state index contributed by atoms with van der Waals surface area (Å²) >= 11 is 0. The van der Waals surface area contributed by atoms with Gasteiger partial charge in [-0.1, -0.05) is 24.3 Å². The Labute approximate surface area is 144 Å². The van der Waals surface area contributed by atoms with Crippen molar-refractivity contribution in [3.05, 3.63) is 59.7 Å². The third kappa shape index (κ3) is 3.03. The van der Waals surface area contributed by atoms with E-state index in [9.17, 15) is 14.4 Å². The highest BCUT2D eigenvalue weighted by atomic mass is 16.5. The number of hydrogen-bond acceptors (Lipinski definition) is 4. The van der Waals surface area contributed by atoms with Gasteiger partial charge in [0.2, 0.25) is 0 Å². The van der Waals surface area contributed by atoms with Crippen molar-refractivity contribution in [1.29, 1.82) is 0 Å². The van der Waals surface area contributed by atoms with Crippen LogP contribution < -0.4 is 20.7 Å². The summed E-state index contributed by atoms with van der Waals surface area (Å²) in [4.78, 5) is 36.0. The summed E-state index contributed by atoms with van der Waals surface area (Å²) in [5.41, 5.74) is 0.285. The van der Waals surface area contributed by atoms with Crippen molar-refractivity contribution in [2.24, 2.45) is 0 Å². The molecule has 3 N–H and O–H groups in total. The van der Waals surface area contributed by atoms with Crippen LogP contribution in [0, 0.1) is 0 Å². The quantitative estimate of drug-likeness (QED) is 0.742. The average molecular weight is 339 g/mol. The highest BCUT2D eigenvalue weighted by Crippen LogP contribution is 2.27. The first kappa shape index (κ1) is 16.5. The van der Waals surface area contributed by atoms with Crippen LogP contribution in [0.4, 0.5) is 10.5 Å². The van der Waals surface area contributed by atoms with Crippen LogP contribution in [0.5, 0.6) is 5.75 Å². The van der Waals surface area contributed by atoms with E-state index in [0.717, 1.165) is 0 Å². The van der Waals surface area contributed by atoms with Crippen molar-refractivity contribution in [3.63, 3.8) is 0 Å². The third-order valence-electron chi connectivity index (χ3n) is 4.09. The van der Waals surface area contributed by atoms with Gasteiger partial charge in [0, 0.05) is 5.69 Å². The van der Waals surface area contributed by atoms with Crippen molar-refractivity contribution >= 4 is 23.5 Å². The molecule has 7 heteroatoms. The summed E-state index contributed by atoms with van der Waals surface area (Å²) in [6, 6.07) is 13.1. The van der Waals surface area contributed by atoms with Gasteiger partial charge < -0.3 is 15.4 Å². The van der Waals surface area contributed by atoms with Gasteiger partial charge >= 0.3 is 6.03 Å². The van der Waals surface area contributed by atoms with Crippen molar-refractivity contribution < 1.29 is 19.1 Å². The predicted octanol–water partition coefficient (Wildman–Crippen LogP) is 2.00. The van der Waals surface area contributed by atoms with E-state index in [1.54, 1.807) is 55.5 Å². The second-order valence-electron chi connectivity index (χ2n) is 5.77. The molecular formula is C18H17N3O4. The predicted molar refractivity (Wildman–Crippen MR) is 91.4 cm³/mol. The lowest BCUT2D eigenvalue weighted by atomic mass is 9.92. The molecule has 1 fully saturated rings. The molecule has 4 amide bonds. The maximum absolute atomic E-state index is 12.5. The molecule has 0 bridgehead atoms. The van der Waals surface area contributed by atoms with E-state index in [0.29, 0.717) is 22.6 Å². The summed E-state index contributed by atoms with van der Waals surface area (Å²) in [6.07, 6.45) is 0. The number of nitrogens with one attached hydrogen (secondary N) is 3. The number of anilines is 1. The molecule has 0 radical (unpaired) electrons. The Bertz CT molecular complexity index is 865. The Kier molecular flexibility index (Phi) is 4.14. The summed E-state index contributed by atoms with van der Waals surface area (Å²) in [6.45, 7) is 1.61. The summed E-state index contributed by atoms with van der Waals surface area (Å²) in [7, 11) is 1.50. The number of benzene rings is 2. The van der Waals surface area contributed by atoms with Crippen LogP contribution >= 0.6 is 0 Å². The number of imide groups is 1. The van der Waals surface area contributed by atoms with Gasteiger partial charge in [0.15, 0.2) is 0 Å². The molecule has 25 heavy (non-hydrogen) atoms. The lowest BCUT2D eigenvalue weighted by Crippen LogP contribution is -2.40. The van der Waals surface area contributed by atoms with Gasteiger partial charge in [-0.15, -0.1) is 0 Å². The molecule has 0 aromatic heterocycles. The molecule has 1 saturated heterocycles. The maximum atomic E-state index is 12.5. The van der Waals surface area contributed by atoms with Gasteiger partial charge in [0.25, 0.3) is 11.8 Å². The van der Waals surface area contributed by atoms with Crippen molar-refractivity contribution in [2.75, 3.05) is 12.4 Å². The number of hydrogen-bond donors (Lipinski definition) is 3. The summed E-state index contributed by atoms with van der Waals surface area (Å²) in [5, 5.41) is 7.59. The fraction of sp³-hybridized carbons (Fsp3) is 0.167. The standard InChI is InChI=1S/C18H17N3O4/c1-18(16(23)20-17(24)21-18)11-6-5-7-12(10-11)19-15(22)13-8-3-4-9-14(13)25-2/h3-10H,1-2H3,(H,19,22)(H2,20,21,23,24). The Hall–Kier alpha value is -3.35. The first-order valence-electron chi connectivity index (χ1n) is 7.62. The van der Waals surface area contributed by atoms with E-state index in [-0.39, 0.29) is 5.91 Å². The molecule has 1 unspecified atom stereocenters. The van der Waals surface area contributed by atoms with Gasteiger partial charge in [-0.05, 0) is 36.8 Å². The molecule has 0 saturated carbocycles. The van der Waals surface area contributed by atoms with Crippen LogP contribution in [-0.4, -0.2) is 25.0 Å². The molecule has 7 nitrogen and oxygen atoms in total. The molecule has 1 atom stereocenters. The molecule has 1 aliphatic heterocycles. The van der Waals surface area contributed by atoms with Crippen LogP contribution in [0.2, 0.25) is 0 Å². The van der Waals surface area contributed by atoms with Crippen LogP contribution in [0.25, 0.3) is 0 Å². The van der Waals surface area contributed by atoms with E-state index < -0.39 is 17.5 Å². The molecule has 1 heterocycles. The van der Waals surface area contributed by atoms with Crippen LogP contribution in [-0.2, 0) is 10.3 Å². The molecule has 3 rings (SSSR count). The second kappa shape index (κ2) is 6.27. The maximum Gasteiger partial charge on any atom is 0.322 e. The topological polar surface area (TPSA) is 96.5 Å². The molecule has 128 valence electrons. The van der Waals surface area contributed by atoms with E-state index in [1.165, 1.54) is 7.11 Å². The summed E-state index contributed by atoms with van der Waals surface area (Å²) in [5.74, 6) is -0.309. The van der Waals surface area contributed by atoms with Crippen molar-refractivity contribution in [1.82, 2.24) is 10.6 Å². The smallest absolute Gasteiger partial charge is 0.322 e. The van der Waals surface area contributed by atoms with Gasteiger partial charge in [-0.3, -0.25) is 14.9 Å². The van der Waals surface area contributed by atoms with Gasteiger partial charge in [0.05, 0.1) is 12.7 Å². The number of amides is 4. The Morgan fingerprint density at radius 2 is 1.88 bits per heavy atom. The number of ether oxygens (including phenoxy) is 1. The minimum absolute atomic E-state index is 0.334. The Morgan fingerprint density at radius 1 is 1.12 bits per heavy atom. The molecule has 1 aliphatic rings. The summed E-state index contributed by atoms with van der Waals surface area (Å²) < 4.78 is 5.19. The second-order valence-corrected chi connectivity index (χ2v) is 5.77. The fourth-order valence-electron chi connectivity index (χ4n) is 2.69. The van der Waals surface area contributed by atoms with Crippen LogP contribution in [0.3, 0.4) is 0 Å². The first-order valence-corrected chi connectivity index (χ1v) is 7.62. The number of carbonyl (C=O) groups excluding carboxylic acids is 3. The molecule has 2 aromatic rings. The zero-order chi connectivity index (χ0) is 18.0. The minimum Gasteiger partial charge on any atom is -0.496 e. The normalized spacial score (nSPS) is 19.1. The number of methoxy groups -OCH3 is 1. The Balaban J connectivity index is 1.86. The van der Waals surface area contributed by atoms with Gasteiger partial charge in [-0.25, -0.2) is 4.79 Å². The van der Waals surface area contributed by atoms with E-state index in [4.69, 9.17) is 4.74 Å². The first-order chi connectivity index (χ1) is 11.9. The monoisotopic (exact) mass is 339 g/mol. The largest absolute Gasteiger partial charge is 0.496 e. The van der Waals surface area contributed by atoms with Crippen molar-refractivity contribution in [3.8, 4) is 5.75 Å². The van der Waals surface area contributed by atoms with E-state index in [1.807, 2.05) is 0 Å². The number of urea groups is 1. The lowest BCUT2D eigenvalue weighted by Gasteiger charge is -2.21. The zero-order valence-electron chi connectivity index (χ0n) is 13.8. The van der Waals surface area contributed by atoms with Crippen molar-refractivity contribution in [2.45, 2.75) is 12.5 Å². The SMILES string of the molecule is COc1ccccc1C(=O)Nc1cccc(C2(C)NC(=O)NC2=O)c1. The lowest BCUT2D eigenvalue weighted by molar-refractivity contribution is -0.123. The highest BCUT2D eigenvalue weighted by Gasteiger charge is 2.43. The average Bonchev–Trinajstić information content (AvgIpc) is 2.88. The molecule has 2 aromatic carbocycles. The highest BCUT2D eigenvalue weighted by molar-refractivity contribution is 6.08.